The van der Waals surface area contributed by atoms with Gasteiger partial charge in [0.05, 0.1) is 7.11 Å². The number of nitrogens with zero attached hydrogens (tertiary/aromatic N) is 4. The van der Waals surface area contributed by atoms with Gasteiger partial charge in [-0.05, 0) is 31.7 Å². The number of ether oxygens (including phenoxy) is 2. The van der Waals surface area contributed by atoms with Crippen LogP contribution in [0, 0.1) is 12.8 Å². The van der Waals surface area contributed by atoms with Gasteiger partial charge in [-0.2, -0.15) is 4.98 Å². The molecule has 2 amide bonds. The van der Waals surface area contributed by atoms with Crippen molar-refractivity contribution in [3.63, 3.8) is 0 Å². The molecule has 0 spiro atoms. The molecule has 4 rings (SSSR count). The third-order valence-electron chi connectivity index (χ3n) is 6.63. The Morgan fingerprint density at radius 1 is 1.15 bits per heavy atom. The van der Waals surface area contributed by atoms with Crippen LogP contribution >= 0.6 is 0 Å². The molecule has 1 aromatic heterocycles. The van der Waals surface area contributed by atoms with Gasteiger partial charge in [-0.25, -0.2) is 14.6 Å². The zero-order chi connectivity index (χ0) is 28.3. The van der Waals surface area contributed by atoms with Crippen LogP contribution in [0.2, 0.25) is 0 Å². The van der Waals surface area contributed by atoms with Crippen molar-refractivity contribution >= 4 is 35.7 Å². The van der Waals surface area contributed by atoms with Crippen LogP contribution in [-0.4, -0.2) is 79.8 Å². The average Bonchev–Trinajstić information content (AvgIpc) is 2.98. The molecule has 13 heteroatoms. The first-order valence-corrected chi connectivity index (χ1v) is 13.4. The maximum absolute atomic E-state index is 12.9. The van der Waals surface area contributed by atoms with E-state index >= 15 is 0 Å². The van der Waals surface area contributed by atoms with Gasteiger partial charge in [0.1, 0.15) is 18.5 Å². The lowest BCUT2D eigenvalue weighted by atomic mass is 9.96. The van der Waals surface area contributed by atoms with Crippen LogP contribution in [0.25, 0.3) is 0 Å². The van der Waals surface area contributed by atoms with Crippen molar-refractivity contribution in [2.45, 2.75) is 38.8 Å². The highest BCUT2D eigenvalue weighted by Crippen LogP contribution is 2.23. The minimum Gasteiger partial charge on any atom is -0.467 e. The fourth-order valence-corrected chi connectivity index (χ4v) is 4.45. The molecule has 0 radical (unpaired) electrons. The highest BCUT2D eigenvalue weighted by atomic mass is 16.6. The molecule has 4 N–H and O–H groups in total. The molecule has 40 heavy (non-hydrogen) atoms. The van der Waals surface area contributed by atoms with Crippen molar-refractivity contribution in [2.75, 3.05) is 50.1 Å². The number of carbonyl (C=O) groups is 3. The molecule has 2 aromatic rings. The number of methoxy groups -OCH3 is 1. The average molecular weight is 553 g/mol. The van der Waals surface area contributed by atoms with E-state index in [-0.39, 0.29) is 25.0 Å². The number of aliphatic imine (C=N–C) groups is 1. The molecular formula is C27H36N8O5. The molecule has 2 aliphatic rings. The quantitative estimate of drug-likeness (QED) is 0.335. The number of amides is 2. The van der Waals surface area contributed by atoms with Gasteiger partial charge < -0.3 is 30.3 Å². The van der Waals surface area contributed by atoms with Crippen LogP contribution in [0.4, 0.5) is 16.6 Å². The number of aryl methyl sites for hydroxylation is 1. The van der Waals surface area contributed by atoms with Crippen LogP contribution < -0.4 is 26.2 Å². The Balaban J connectivity index is 1.25. The summed E-state index contributed by atoms with van der Waals surface area (Å²) >= 11 is 0. The maximum Gasteiger partial charge on any atom is 0.408 e. The lowest BCUT2D eigenvalue weighted by Gasteiger charge is -2.32. The number of nitrogens with one attached hydrogen (secondary N) is 4. The van der Waals surface area contributed by atoms with E-state index in [4.69, 9.17) is 9.47 Å². The van der Waals surface area contributed by atoms with Gasteiger partial charge in [0.2, 0.25) is 11.9 Å². The van der Waals surface area contributed by atoms with Gasteiger partial charge in [-0.15, -0.1) is 0 Å². The molecule has 2 aliphatic heterocycles. The number of rotatable bonds is 9. The Bertz CT molecular complexity index is 1200. The number of aromatic nitrogens is 2. The van der Waals surface area contributed by atoms with Gasteiger partial charge >= 0.3 is 12.1 Å². The predicted octanol–water partition coefficient (Wildman–Crippen LogP) is 1.35. The highest BCUT2D eigenvalue weighted by Gasteiger charge is 2.28. The van der Waals surface area contributed by atoms with Gasteiger partial charge in [0.15, 0.2) is 5.96 Å². The largest absolute Gasteiger partial charge is 0.467 e. The van der Waals surface area contributed by atoms with E-state index in [9.17, 15) is 14.4 Å². The van der Waals surface area contributed by atoms with Crippen molar-refractivity contribution in [2.24, 2.45) is 10.9 Å². The summed E-state index contributed by atoms with van der Waals surface area (Å²) < 4.78 is 9.98. The van der Waals surface area contributed by atoms with E-state index in [1.54, 1.807) is 0 Å². The summed E-state index contributed by atoms with van der Waals surface area (Å²) in [5, 5.41) is 11.6. The lowest BCUT2D eigenvalue weighted by Crippen LogP contribution is -2.50. The van der Waals surface area contributed by atoms with Gasteiger partial charge in [-0.1, -0.05) is 30.3 Å². The molecule has 0 saturated carbocycles. The normalized spacial score (nSPS) is 16.1. The van der Waals surface area contributed by atoms with Crippen LogP contribution in [-0.2, 0) is 25.7 Å². The Morgan fingerprint density at radius 2 is 1.93 bits per heavy atom. The lowest BCUT2D eigenvalue weighted by molar-refractivity contribution is -0.143. The number of hydrogen-bond acceptors (Lipinski definition) is 11. The fraction of sp³-hybridized carbons (Fsp3) is 0.481. The summed E-state index contributed by atoms with van der Waals surface area (Å²) in [6.07, 6.45) is 1.44. The first-order chi connectivity index (χ1) is 19.4. The summed E-state index contributed by atoms with van der Waals surface area (Å²) in [6, 6.07) is 10.0. The third kappa shape index (κ3) is 8.29. The second kappa shape index (κ2) is 14.1. The minimum atomic E-state index is -1.07. The molecule has 0 aliphatic carbocycles. The Hall–Kier alpha value is -4.42. The Kier molecular flexibility index (Phi) is 10.1. The van der Waals surface area contributed by atoms with Crippen LogP contribution in [0.15, 0.2) is 41.4 Å². The number of piperidine rings is 1. The van der Waals surface area contributed by atoms with Gasteiger partial charge in [0.25, 0.3) is 0 Å². The van der Waals surface area contributed by atoms with Crippen molar-refractivity contribution < 1.29 is 23.9 Å². The molecule has 1 atom stereocenters. The number of carbonyl (C=O) groups excluding carboxylic acids is 3. The second-order valence-electron chi connectivity index (χ2n) is 9.62. The van der Waals surface area contributed by atoms with Crippen molar-refractivity contribution in [3.8, 4) is 0 Å². The predicted molar refractivity (Wildman–Crippen MR) is 149 cm³/mol. The first-order valence-electron chi connectivity index (χ1n) is 13.4. The maximum atomic E-state index is 12.9. The zero-order valence-corrected chi connectivity index (χ0v) is 22.8. The molecule has 0 unspecified atom stereocenters. The van der Waals surface area contributed by atoms with Crippen molar-refractivity contribution in [1.82, 2.24) is 25.9 Å². The van der Waals surface area contributed by atoms with E-state index in [2.05, 4.69) is 41.1 Å². The van der Waals surface area contributed by atoms with Crippen LogP contribution in [0.5, 0.6) is 0 Å². The molecule has 1 aromatic carbocycles. The SMILES string of the molecule is COC(=O)[C@H](CNC(=O)C1CCN(c2cc(C)nc(NC3=NCCCN3)n2)CC1)NC(=O)OCc1ccccc1. The Labute approximate surface area is 233 Å². The number of alkyl carbamates (subject to hydrolysis) is 1. The van der Waals surface area contributed by atoms with Gasteiger partial charge in [0, 0.05) is 50.4 Å². The summed E-state index contributed by atoms with van der Waals surface area (Å²) in [7, 11) is 1.22. The number of anilines is 2. The number of benzene rings is 1. The monoisotopic (exact) mass is 552 g/mol. The van der Waals surface area contributed by atoms with E-state index in [1.807, 2.05) is 43.3 Å². The van der Waals surface area contributed by atoms with E-state index in [1.165, 1.54) is 7.11 Å². The van der Waals surface area contributed by atoms with Crippen LogP contribution in [0.3, 0.4) is 0 Å². The molecule has 13 nitrogen and oxygen atoms in total. The third-order valence-corrected chi connectivity index (χ3v) is 6.63. The fourth-order valence-electron chi connectivity index (χ4n) is 4.45. The number of guanidine groups is 1. The van der Waals surface area contributed by atoms with Crippen molar-refractivity contribution in [1.29, 1.82) is 0 Å². The molecule has 1 fully saturated rings. The standard InChI is InChI=1S/C27H36N8O5/c1-18-15-22(33-26(31-18)34-25-28-11-6-12-29-25)35-13-9-20(10-14-35)23(36)30-16-21(24(37)39-2)32-27(38)40-17-19-7-4-3-5-8-19/h3-5,7-8,15,20-21H,6,9-14,16-17H2,1-2H3,(H,30,36)(H,32,38)(H2,28,29,31,33,34)/t21-/m0/s1. The van der Waals surface area contributed by atoms with Crippen molar-refractivity contribution in [3.05, 3.63) is 47.7 Å². The second-order valence-corrected chi connectivity index (χ2v) is 9.62. The topological polar surface area (TPSA) is 159 Å². The number of esters is 1. The van der Waals surface area contributed by atoms with E-state index in [0.29, 0.717) is 37.8 Å². The van der Waals surface area contributed by atoms with E-state index < -0.39 is 18.1 Å². The van der Waals surface area contributed by atoms with Gasteiger partial charge in [-0.3, -0.25) is 15.1 Å². The van der Waals surface area contributed by atoms with Crippen LogP contribution in [0.1, 0.15) is 30.5 Å². The summed E-state index contributed by atoms with van der Waals surface area (Å²) in [5.74, 6) is 0.838. The molecule has 3 heterocycles. The zero-order valence-electron chi connectivity index (χ0n) is 22.8. The molecule has 0 bridgehead atoms. The Morgan fingerprint density at radius 3 is 2.62 bits per heavy atom. The molecule has 214 valence electrons. The summed E-state index contributed by atoms with van der Waals surface area (Å²) in [5.41, 5.74) is 1.64. The molecular weight excluding hydrogens is 516 g/mol. The smallest absolute Gasteiger partial charge is 0.408 e. The summed E-state index contributed by atoms with van der Waals surface area (Å²) in [4.78, 5) is 53.0. The van der Waals surface area contributed by atoms with E-state index in [0.717, 1.165) is 36.6 Å². The minimum absolute atomic E-state index is 0.0561. The highest BCUT2D eigenvalue weighted by molar-refractivity contribution is 5.92. The molecule has 1 saturated heterocycles. The number of hydrogen-bond donors (Lipinski definition) is 4. The summed E-state index contributed by atoms with van der Waals surface area (Å²) in [6.45, 7) is 4.75. The first kappa shape index (κ1) is 28.6.